The Morgan fingerprint density at radius 3 is 2.43 bits per heavy atom. The van der Waals surface area contributed by atoms with E-state index in [9.17, 15) is 23.2 Å². The summed E-state index contributed by atoms with van der Waals surface area (Å²) in [4.78, 5) is 35.9. The first-order valence-corrected chi connectivity index (χ1v) is 9.53. The highest BCUT2D eigenvalue weighted by Gasteiger charge is 2.19. The SMILES string of the molecule is COC(=O)CC(NC(=O)CCCNC(=O)c1ccc(F)cc1F)c1ccc(Cl)cc1. The van der Waals surface area contributed by atoms with Crippen LogP contribution in [0.1, 0.15) is 41.2 Å². The zero-order chi connectivity index (χ0) is 22.1. The lowest BCUT2D eigenvalue weighted by molar-refractivity contribution is -0.141. The van der Waals surface area contributed by atoms with Crippen molar-refractivity contribution in [3.63, 3.8) is 0 Å². The Morgan fingerprint density at radius 1 is 1.10 bits per heavy atom. The summed E-state index contributed by atoms with van der Waals surface area (Å²) in [5, 5.41) is 5.76. The van der Waals surface area contributed by atoms with Crippen LogP contribution in [0, 0.1) is 11.6 Å². The quantitative estimate of drug-likeness (QED) is 0.463. The molecule has 9 heteroatoms. The van der Waals surface area contributed by atoms with Crippen LogP contribution in [-0.2, 0) is 14.3 Å². The molecule has 160 valence electrons. The predicted octanol–water partition coefficient (Wildman–Crippen LogP) is 3.55. The van der Waals surface area contributed by atoms with Crippen LogP contribution < -0.4 is 10.6 Å². The van der Waals surface area contributed by atoms with Crippen LogP contribution in [0.15, 0.2) is 42.5 Å². The summed E-state index contributed by atoms with van der Waals surface area (Å²) < 4.78 is 31.2. The van der Waals surface area contributed by atoms with Gasteiger partial charge in [-0.05, 0) is 36.2 Å². The highest BCUT2D eigenvalue weighted by atomic mass is 35.5. The number of halogens is 3. The Hall–Kier alpha value is -3.00. The summed E-state index contributed by atoms with van der Waals surface area (Å²) in [6.45, 7) is 0.117. The largest absolute Gasteiger partial charge is 0.469 e. The van der Waals surface area contributed by atoms with E-state index in [0.717, 1.165) is 12.1 Å². The molecular weight excluding hydrogens is 418 g/mol. The number of hydrogen-bond donors (Lipinski definition) is 2. The molecule has 6 nitrogen and oxygen atoms in total. The summed E-state index contributed by atoms with van der Waals surface area (Å²) in [6, 6.07) is 8.78. The van der Waals surface area contributed by atoms with Gasteiger partial charge in [0.25, 0.3) is 5.91 Å². The Kier molecular flexibility index (Phi) is 8.73. The summed E-state index contributed by atoms with van der Waals surface area (Å²) in [5.41, 5.74) is 0.417. The van der Waals surface area contributed by atoms with Crippen molar-refractivity contribution in [3.05, 3.63) is 70.2 Å². The normalized spacial score (nSPS) is 11.5. The highest BCUT2D eigenvalue weighted by Crippen LogP contribution is 2.20. The fraction of sp³-hybridized carbons (Fsp3) is 0.286. The molecule has 1 atom stereocenters. The lowest BCUT2D eigenvalue weighted by Gasteiger charge is -2.18. The van der Waals surface area contributed by atoms with E-state index in [1.807, 2.05) is 0 Å². The van der Waals surface area contributed by atoms with Crippen LogP contribution in [0.2, 0.25) is 5.02 Å². The topological polar surface area (TPSA) is 84.5 Å². The number of hydrogen-bond acceptors (Lipinski definition) is 4. The third-order valence-electron chi connectivity index (χ3n) is 4.25. The average molecular weight is 439 g/mol. The molecule has 2 aromatic carbocycles. The molecule has 1 unspecified atom stereocenters. The van der Waals surface area contributed by atoms with Crippen molar-refractivity contribution < 1.29 is 27.9 Å². The lowest BCUT2D eigenvalue weighted by atomic mass is 10.0. The molecule has 2 amide bonds. The average Bonchev–Trinajstić information content (AvgIpc) is 2.71. The van der Waals surface area contributed by atoms with Gasteiger partial charge in [0.2, 0.25) is 5.91 Å². The van der Waals surface area contributed by atoms with Crippen LogP contribution in [-0.4, -0.2) is 31.4 Å². The van der Waals surface area contributed by atoms with E-state index in [2.05, 4.69) is 15.4 Å². The van der Waals surface area contributed by atoms with Gasteiger partial charge >= 0.3 is 5.97 Å². The lowest BCUT2D eigenvalue weighted by Crippen LogP contribution is -2.31. The fourth-order valence-electron chi connectivity index (χ4n) is 2.68. The van der Waals surface area contributed by atoms with Crippen molar-refractivity contribution in [2.45, 2.75) is 25.3 Å². The third kappa shape index (κ3) is 7.11. The minimum Gasteiger partial charge on any atom is -0.469 e. The van der Waals surface area contributed by atoms with Gasteiger partial charge in [0.15, 0.2) is 0 Å². The first-order valence-electron chi connectivity index (χ1n) is 9.15. The van der Waals surface area contributed by atoms with Gasteiger partial charge in [-0.2, -0.15) is 0 Å². The number of rotatable bonds is 9. The van der Waals surface area contributed by atoms with E-state index in [-0.39, 0.29) is 37.3 Å². The molecule has 2 rings (SSSR count). The van der Waals surface area contributed by atoms with E-state index in [0.29, 0.717) is 16.7 Å². The van der Waals surface area contributed by atoms with Gasteiger partial charge in [-0.1, -0.05) is 23.7 Å². The molecule has 0 radical (unpaired) electrons. The molecule has 0 spiro atoms. The Bertz CT molecular complexity index is 906. The summed E-state index contributed by atoms with van der Waals surface area (Å²) >= 11 is 5.87. The van der Waals surface area contributed by atoms with Gasteiger partial charge in [0.05, 0.1) is 25.1 Å². The number of methoxy groups -OCH3 is 1. The molecule has 0 fully saturated rings. The van der Waals surface area contributed by atoms with Crippen LogP contribution in [0.3, 0.4) is 0 Å². The zero-order valence-corrected chi connectivity index (χ0v) is 17.0. The second-order valence-electron chi connectivity index (χ2n) is 6.44. The minimum atomic E-state index is -0.959. The summed E-state index contributed by atoms with van der Waals surface area (Å²) in [5.74, 6) is -3.25. The molecule has 0 saturated carbocycles. The molecular formula is C21H21ClF2N2O4. The van der Waals surface area contributed by atoms with Crippen LogP contribution >= 0.6 is 11.6 Å². The summed E-state index contributed by atoms with van der Waals surface area (Å²) in [6.07, 6.45) is 0.299. The number of esters is 1. The molecule has 0 saturated heterocycles. The molecule has 0 aliphatic heterocycles. The minimum absolute atomic E-state index is 0.0511. The first-order chi connectivity index (χ1) is 14.3. The smallest absolute Gasteiger partial charge is 0.307 e. The van der Waals surface area contributed by atoms with E-state index in [1.54, 1.807) is 24.3 Å². The maximum atomic E-state index is 13.6. The van der Waals surface area contributed by atoms with Gasteiger partial charge in [0.1, 0.15) is 11.6 Å². The van der Waals surface area contributed by atoms with Crippen molar-refractivity contribution in [1.29, 1.82) is 0 Å². The van der Waals surface area contributed by atoms with Gasteiger partial charge < -0.3 is 15.4 Å². The molecule has 2 N–H and O–H groups in total. The maximum Gasteiger partial charge on any atom is 0.307 e. The maximum absolute atomic E-state index is 13.6. The second kappa shape index (κ2) is 11.3. The fourth-order valence-corrected chi connectivity index (χ4v) is 2.81. The van der Waals surface area contributed by atoms with E-state index < -0.39 is 29.6 Å². The molecule has 30 heavy (non-hydrogen) atoms. The number of carbonyl (C=O) groups excluding carboxylic acids is 3. The number of nitrogens with one attached hydrogen (secondary N) is 2. The van der Waals surface area contributed by atoms with Crippen molar-refractivity contribution in [3.8, 4) is 0 Å². The number of ether oxygens (including phenoxy) is 1. The zero-order valence-electron chi connectivity index (χ0n) is 16.2. The van der Waals surface area contributed by atoms with Gasteiger partial charge in [-0.25, -0.2) is 8.78 Å². The number of amides is 2. The Morgan fingerprint density at radius 2 is 1.80 bits per heavy atom. The third-order valence-corrected chi connectivity index (χ3v) is 4.50. The van der Waals surface area contributed by atoms with Crippen molar-refractivity contribution in [2.24, 2.45) is 0 Å². The Balaban J connectivity index is 1.85. The second-order valence-corrected chi connectivity index (χ2v) is 6.87. The molecule has 0 aromatic heterocycles. The van der Waals surface area contributed by atoms with E-state index >= 15 is 0 Å². The number of carbonyl (C=O) groups is 3. The molecule has 2 aromatic rings. The Labute approximate surface area is 177 Å². The van der Waals surface area contributed by atoms with Crippen LogP contribution in [0.4, 0.5) is 8.78 Å². The molecule has 0 heterocycles. The highest BCUT2D eigenvalue weighted by molar-refractivity contribution is 6.30. The monoisotopic (exact) mass is 438 g/mol. The number of benzene rings is 2. The van der Waals surface area contributed by atoms with Crippen molar-refractivity contribution in [2.75, 3.05) is 13.7 Å². The first kappa shape index (κ1) is 23.3. The van der Waals surface area contributed by atoms with E-state index in [1.165, 1.54) is 7.11 Å². The predicted molar refractivity (Wildman–Crippen MR) is 107 cm³/mol. The summed E-state index contributed by atoms with van der Waals surface area (Å²) in [7, 11) is 1.26. The van der Waals surface area contributed by atoms with Crippen molar-refractivity contribution >= 4 is 29.4 Å². The van der Waals surface area contributed by atoms with Gasteiger partial charge in [-0.3, -0.25) is 14.4 Å². The van der Waals surface area contributed by atoms with Crippen molar-refractivity contribution in [1.82, 2.24) is 10.6 Å². The van der Waals surface area contributed by atoms with Crippen LogP contribution in [0.25, 0.3) is 0 Å². The van der Waals surface area contributed by atoms with Gasteiger partial charge in [-0.15, -0.1) is 0 Å². The molecule has 0 aliphatic rings. The van der Waals surface area contributed by atoms with Gasteiger partial charge in [0, 0.05) is 24.1 Å². The van der Waals surface area contributed by atoms with E-state index in [4.69, 9.17) is 11.6 Å². The molecule has 0 aliphatic carbocycles. The van der Waals surface area contributed by atoms with Crippen LogP contribution in [0.5, 0.6) is 0 Å². The molecule has 0 bridgehead atoms. The standard InChI is InChI=1S/C21H21ClF2N2O4/c1-30-20(28)12-18(13-4-6-14(22)7-5-13)26-19(27)3-2-10-25-21(29)16-9-8-15(23)11-17(16)24/h4-9,11,18H,2-3,10,12H2,1H3,(H,25,29)(H,26,27).